The summed E-state index contributed by atoms with van der Waals surface area (Å²) in [5.41, 5.74) is 0.418. The summed E-state index contributed by atoms with van der Waals surface area (Å²) in [6.07, 6.45) is -1.12. The quantitative estimate of drug-likeness (QED) is 0.558. The van der Waals surface area contributed by atoms with Gasteiger partial charge in [-0.05, 0) is 24.2 Å². The maximum atomic E-state index is 13.0. The molecule has 158 valence electrons. The zero-order chi connectivity index (χ0) is 21.4. The lowest BCUT2D eigenvalue weighted by Gasteiger charge is -2.26. The smallest absolute Gasteiger partial charge is 0.422 e. The van der Waals surface area contributed by atoms with Gasteiger partial charge < -0.3 is 4.74 Å². The van der Waals surface area contributed by atoms with E-state index in [0.29, 0.717) is 11.4 Å². The van der Waals surface area contributed by atoms with Crippen LogP contribution in [0, 0.1) is 5.41 Å². The number of ketones is 1. The molecule has 2 heterocycles. The summed E-state index contributed by atoms with van der Waals surface area (Å²) in [6.45, 7) is 4.56. The number of carbonyl (C=O) groups is 1. The number of aromatic amines is 1. The Morgan fingerprint density at radius 1 is 1.34 bits per heavy atom. The molecular weight excluding hydrogens is 387 g/mol. The van der Waals surface area contributed by atoms with Crippen LogP contribution < -0.4 is 9.42 Å². The maximum absolute atomic E-state index is 13.0. The number of aryl methyl sites for hydroxylation is 1. The van der Waals surface area contributed by atoms with E-state index in [-0.39, 0.29) is 40.9 Å². The van der Waals surface area contributed by atoms with Gasteiger partial charge in [0.2, 0.25) is 0 Å². The average molecular weight is 412 g/mol. The fourth-order valence-electron chi connectivity index (χ4n) is 3.22. The minimum atomic E-state index is -4.45. The van der Waals surface area contributed by atoms with Crippen molar-refractivity contribution in [3.8, 4) is 5.75 Å². The van der Waals surface area contributed by atoms with E-state index in [0.717, 1.165) is 12.8 Å². The third-order valence-corrected chi connectivity index (χ3v) is 5.03. The van der Waals surface area contributed by atoms with Gasteiger partial charge in [0.25, 0.3) is 0 Å². The van der Waals surface area contributed by atoms with Gasteiger partial charge in [-0.1, -0.05) is 26.0 Å². The molecule has 0 aromatic carbocycles. The molecule has 1 N–H and O–H groups in total. The number of tetrazole rings is 1. The van der Waals surface area contributed by atoms with Crippen LogP contribution in [0.3, 0.4) is 0 Å². The Morgan fingerprint density at radius 3 is 2.55 bits per heavy atom. The van der Waals surface area contributed by atoms with Crippen LogP contribution in [0.5, 0.6) is 5.75 Å². The summed E-state index contributed by atoms with van der Waals surface area (Å²) in [7, 11) is 1.75. The Balaban J connectivity index is 1.85. The van der Waals surface area contributed by atoms with Crippen molar-refractivity contribution in [2.24, 2.45) is 12.5 Å². The number of hydrogen-bond acceptors (Lipinski definition) is 5. The molecule has 1 fully saturated rings. The number of halogens is 3. The van der Waals surface area contributed by atoms with E-state index in [1.165, 1.54) is 12.3 Å². The molecule has 2 aromatic rings. The molecule has 10 heteroatoms. The second-order valence-electron chi connectivity index (χ2n) is 8.55. The van der Waals surface area contributed by atoms with Crippen LogP contribution in [0.15, 0.2) is 12.3 Å². The minimum Gasteiger partial charge on any atom is -0.484 e. The van der Waals surface area contributed by atoms with E-state index in [4.69, 9.17) is 4.74 Å². The van der Waals surface area contributed by atoms with Gasteiger partial charge in [-0.3, -0.25) is 9.78 Å². The predicted molar refractivity (Wildman–Crippen MR) is 96.5 cm³/mol. The van der Waals surface area contributed by atoms with Crippen molar-refractivity contribution < 1.29 is 27.4 Å². The van der Waals surface area contributed by atoms with Gasteiger partial charge >= 0.3 is 12.0 Å². The van der Waals surface area contributed by atoms with Gasteiger partial charge in [-0.2, -0.15) is 17.9 Å². The van der Waals surface area contributed by atoms with Crippen molar-refractivity contribution in [3.63, 3.8) is 0 Å². The summed E-state index contributed by atoms with van der Waals surface area (Å²) in [5, 5.41) is 10.6. The second-order valence-corrected chi connectivity index (χ2v) is 8.55. The van der Waals surface area contributed by atoms with E-state index in [1.54, 1.807) is 11.7 Å². The van der Waals surface area contributed by atoms with Crippen molar-refractivity contribution in [2.45, 2.75) is 58.0 Å². The van der Waals surface area contributed by atoms with Crippen LogP contribution in [-0.4, -0.2) is 39.1 Å². The first-order chi connectivity index (χ1) is 13.5. The molecule has 0 aliphatic heterocycles. The topological polar surface area (TPSA) is 84.6 Å². The van der Waals surface area contributed by atoms with Crippen LogP contribution >= 0.6 is 0 Å². The highest BCUT2D eigenvalue weighted by atomic mass is 19.4. The standard InChI is InChI=1S/C19H24F3N5O2/c1-18(2,3)13(17-24-25-26-27(17)4)7-15(28)14-8-16(29-10-19(20,21)22)12(9-23-14)11-5-6-11/h8-9,11,13H,5-7,10H2,1-4H3/p+1. The molecule has 1 aliphatic rings. The van der Waals surface area contributed by atoms with Crippen LogP contribution in [-0.2, 0) is 7.05 Å². The van der Waals surface area contributed by atoms with Gasteiger partial charge in [0.1, 0.15) is 16.5 Å². The van der Waals surface area contributed by atoms with E-state index in [2.05, 4.69) is 20.5 Å². The summed E-state index contributed by atoms with van der Waals surface area (Å²) in [4.78, 5) is 17.2. The number of nitrogens with one attached hydrogen (secondary N) is 1. The average Bonchev–Trinajstić information content (AvgIpc) is 3.37. The number of hydrogen-bond donors (Lipinski definition) is 1. The van der Waals surface area contributed by atoms with Gasteiger partial charge in [-0.25, -0.2) is 0 Å². The SMILES string of the molecule is C[n+]1[nH]nnc1C(CC(=O)c1cc(OCC(F)(F)F)c(C2CC2)cn1)C(C)(C)C. The zero-order valence-corrected chi connectivity index (χ0v) is 16.9. The summed E-state index contributed by atoms with van der Waals surface area (Å²) >= 11 is 0. The molecule has 0 amide bonds. The molecule has 0 radical (unpaired) electrons. The third-order valence-electron chi connectivity index (χ3n) is 5.03. The van der Waals surface area contributed by atoms with E-state index >= 15 is 0 Å². The predicted octanol–water partition coefficient (Wildman–Crippen LogP) is 3.25. The van der Waals surface area contributed by atoms with Gasteiger partial charge in [0.05, 0.1) is 13.0 Å². The molecule has 3 rings (SSSR count). The molecule has 1 atom stereocenters. The summed E-state index contributed by atoms with van der Waals surface area (Å²) in [5.74, 6) is 0.304. The minimum absolute atomic E-state index is 0.0856. The highest BCUT2D eigenvalue weighted by Gasteiger charge is 2.38. The third kappa shape index (κ3) is 5.30. The molecule has 1 aliphatic carbocycles. The second kappa shape index (κ2) is 7.72. The number of rotatable bonds is 7. The number of H-pyrrole nitrogens is 1. The molecule has 1 unspecified atom stereocenters. The van der Waals surface area contributed by atoms with Crippen LogP contribution in [0.25, 0.3) is 0 Å². The van der Waals surface area contributed by atoms with Crippen molar-refractivity contribution >= 4 is 5.78 Å². The Hall–Kier alpha value is -2.52. The summed E-state index contributed by atoms with van der Waals surface area (Å²) < 4.78 is 44.5. The fraction of sp³-hybridized carbons (Fsp3) is 0.632. The lowest BCUT2D eigenvalue weighted by Crippen LogP contribution is -2.40. The van der Waals surface area contributed by atoms with Crippen molar-refractivity contribution in [3.05, 3.63) is 29.3 Å². The van der Waals surface area contributed by atoms with Gasteiger partial charge in [0.15, 0.2) is 17.6 Å². The van der Waals surface area contributed by atoms with Crippen LogP contribution in [0.1, 0.15) is 73.7 Å². The molecular formula is C19H25F3N5O2+. The monoisotopic (exact) mass is 412 g/mol. The molecule has 0 bridgehead atoms. The molecule has 2 aromatic heterocycles. The van der Waals surface area contributed by atoms with Gasteiger partial charge in [-0.15, -0.1) is 0 Å². The number of pyridine rings is 1. The molecule has 29 heavy (non-hydrogen) atoms. The number of nitrogens with zero attached hydrogens (tertiary/aromatic N) is 4. The normalized spacial score (nSPS) is 16.0. The Morgan fingerprint density at radius 2 is 2.03 bits per heavy atom. The Kier molecular flexibility index (Phi) is 5.64. The van der Waals surface area contributed by atoms with E-state index in [1.807, 2.05) is 20.8 Å². The first kappa shape index (κ1) is 21.2. The lowest BCUT2D eigenvalue weighted by molar-refractivity contribution is -0.739. The number of aromatic nitrogens is 5. The van der Waals surface area contributed by atoms with Crippen LogP contribution in [0.4, 0.5) is 13.2 Å². The molecule has 7 nitrogen and oxygen atoms in total. The van der Waals surface area contributed by atoms with Crippen molar-refractivity contribution in [2.75, 3.05) is 6.61 Å². The summed E-state index contributed by atoms with van der Waals surface area (Å²) in [6, 6.07) is 1.34. The fourth-order valence-corrected chi connectivity index (χ4v) is 3.22. The number of ether oxygens (including phenoxy) is 1. The highest BCUT2D eigenvalue weighted by molar-refractivity contribution is 5.95. The van der Waals surface area contributed by atoms with Gasteiger partial charge in [0, 0.05) is 24.2 Å². The van der Waals surface area contributed by atoms with E-state index in [9.17, 15) is 18.0 Å². The first-order valence-corrected chi connectivity index (χ1v) is 9.45. The molecule has 0 saturated heterocycles. The number of alkyl halides is 3. The van der Waals surface area contributed by atoms with E-state index < -0.39 is 12.8 Å². The highest BCUT2D eigenvalue weighted by Crippen LogP contribution is 2.44. The zero-order valence-electron chi connectivity index (χ0n) is 16.9. The number of carbonyl (C=O) groups excluding carboxylic acids is 1. The maximum Gasteiger partial charge on any atom is 0.422 e. The van der Waals surface area contributed by atoms with Crippen LogP contribution in [0.2, 0.25) is 0 Å². The Labute approximate surface area is 166 Å². The number of Topliss-reactive ketones (excluding diaryl/α,β-unsaturated/α-hetero) is 1. The molecule has 1 saturated carbocycles. The van der Waals surface area contributed by atoms with Crippen molar-refractivity contribution in [1.82, 2.24) is 20.5 Å². The lowest BCUT2D eigenvalue weighted by atomic mass is 9.77. The first-order valence-electron chi connectivity index (χ1n) is 9.45. The Bertz CT molecular complexity index is 885. The van der Waals surface area contributed by atoms with Crippen molar-refractivity contribution in [1.29, 1.82) is 0 Å². The molecule has 0 spiro atoms. The largest absolute Gasteiger partial charge is 0.484 e.